The Morgan fingerprint density at radius 2 is 1.53 bits per heavy atom. The Balaban J connectivity index is 2.03. The van der Waals surface area contributed by atoms with Crippen molar-refractivity contribution in [2.24, 2.45) is 0 Å². The number of hydrogen-bond acceptors (Lipinski definition) is 8. The zero-order chi connectivity index (χ0) is 24.1. The highest BCUT2D eigenvalue weighted by Gasteiger charge is 2.25. The number of hydrogen-bond donors (Lipinski definition) is 1. The van der Waals surface area contributed by atoms with Gasteiger partial charge in [-0.1, -0.05) is 0 Å². The van der Waals surface area contributed by atoms with Crippen molar-refractivity contribution in [1.82, 2.24) is 4.72 Å². The molecule has 0 radical (unpaired) electrons. The van der Waals surface area contributed by atoms with Crippen LogP contribution < -0.4 is 18.9 Å². The molecular weight excluding hydrogens is 459 g/mol. The van der Waals surface area contributed by atoms with E-state index in [1.165, 1.54) is 33.5 Å². The van der Waals surface area contributed by atoms with E-state index in [4.69, 9.17) is 18.9 Å². The summed E-state index contributed by atoms with van der Waals surface area (Å²) in [5.41, 5.74) is 0.0525. The molecule has 174 valence electrons. The number of rotatable bonds is 10. The van der Waals surface area contributed by atoms with E-state index in [1.807, 2.05) is 0 Å². The van der Waals surface area contributed by atoms with Gasteiger partial charge >= 0.3 is 5.97 Å². The zero-order valence-corrected chi connectivity index (χ0v) is 17.8. The third-order valence-corrected chi connectivity index (χ3v) is 5.47. The van der Waals surface area contributed by atoms with Crippen molar-refractivity contribution in [3.8, 4) is 17.2 Å². The van der Waals surface area contributed by atoms with E-state index < -0.39 is 57.3 Å². The van der Waals surface area contributed by atoms with Gasteiger partial charge in [-0.15, -0.1) is 0 Å². The first-order valence-electron chi connectivity index (χ1n) is 8.67. The van der Waals surface area contributed by atoms with Crippen LogP contribution in [0.2, 0.25) is 0 Å². The molecule has 0 spiro atoms. The molecule has 2 rings (SSSR count). The van der Waals surface area contributed by atoms with Crippen LogP contribution in [0.1, 0.15) is 10.4 Å². The van der Waals surface area contributed by atoms with Crippen molar-refractivity contribution in [2.45, 2.75) is 4.90 Å². The maximum atomic E-state index is 13.7. The van der Waals surface area contributed by atoms with Crippen LogP contribution in [0.3, 0.4) is 0 Å². The third-order valence-electron chi connectivity index (χ3n) is 4.05. The molecule has 2 aromatic rings. The Kier molecular flexibility index (Phi) is 8.05. The molecule has 0 aliphatic heterocycles. The van der Waals surface area contributed by atoms with Gasteiger partial charge in [0.2, 0.25) is 21.6 Å². The molecule has 0 saturated heterocycles. The molecule has 32 heavy (non-hydrogen) atoms. The van der Waals surface area contributed by atoms with E-state index in [-0.39, 0.29) is 22.8 Å². The second-order valence-corrected chi connectivity index (χ2v) is 7.73. The molecule has 0 atom stereocenters. The SMILES string of the molecule is COc1cc(C(=O)COC(=O)CNS(=O)(=O)c2ccc(F)c(F)c2F)cc(OC)c1OC. The second-order valence-electron chi connectivity index (χ2n) is 6.00. The van der Waals surface area contributed by atoms with Gasteiger partial charge in [0, 0.05) is 5.56 Å². The number of Topliss-reactive ketones (excluding diaryl/α,β-unsaturated/α-hetero) is 1. The fourth-order valence-corrected chi connectivity index (χ4v) is 3.51. The predicted molar refractivity (Wildman–Crippen MR) is 103 cm³/mol. The summed E-state index contributed by atoms with van der Waals surface area (Å²) >= 11 is 0. The summed E-state index contributed by atoms with van der Waals surface area (Å²) in [5, 5.41) is 0. The summed E-state index contributed by atoms with van der Waals surface area (Å²) in [6, 6.07) is 3.56. The minimum Gasteiger partial charge on any atom is -0.493 e. The largest absolute Gasteiger partial charge is 0.493 e. The normalized spacial score (nSPS) is 11.1. The number of esters is 1. The summed E-state index contributed by atoms with van der Waals surface area (Å²) in [7, 11) is -0.653. The highest BCUT2D eigenvalue weighted by Crippen LogP contribution is 2.38. The first-order chi connectivity index (χ1) is 15.0. The number of carbonyl (C=O) groups is 2. The zero-order valence-electron chi connectivity index (χ0n) is 17.0. The molecule has 0 aliphatic rings. The second kappa shape index (κ2) is 10.3. The topological polar surface area (TPSA) is 117 Å². The molecule has 0 heterocycles. The highest BCUT2D eigenvalue weighted by atomic mass is 32.2. The lowest BCUT2D eigenvalue weighted by molar-refractivity contribution is -0.141. The monoisotopic (exact) mass is 477 g/mol. The summed E-state index contributed by atoms with van der Waals surface area (Å²) in [6.45, 7) is -1.76. The molecule has 0 fully saturated rings. The number of benzene rings is 2. The average molecular weight is 477 g/mol. The molecule has 9 nitrogen and oxygen atoms in total. The molecule has 2 aromatic carbocycles. The fraction of sp³-hybridized carbons (Fsp3) is 0.263. The number of methoxy groups -OCH3 is 3. The summed E-state index contributed by atoms with van der Waals surface area (Å²) in [4.78, 5) is 22.9. The van der Waals surface area contributed by atoms with Gasteiger partial charge in [-0.05, 0) is 24.3 Å². The summed E-state index contributed by atoms with van der Waals surface area (Å²) < 4.78 is 85.7. The van der Waals surface area contributed by atoms with Crippen molar-refractivity contribution in [1.29, 1.82) is 0 Å². The molecule has 1 N–H and O–H groups in total. The van der Waals surface area contributed by atoms with E-state index in [0.717, 1.165) is 0 Å². The quantitative estimate of drug-likeness (QED) is 0.313. The van der Waals surface area contributed by atoms with Crippen molar-refractivity contribution in [3.63, 3.8) is 0 Å². The van der Waals surface area contributed by atoms with Crippen molar-refractivity contribution in [2.75, 3.05) is 34.5 Å². The highest BCUT2D eigenvalue weighted by molar-refractivity contribution is 7.89. The number of ether oxygens (including phenoxy) is 4. The first kappa shape index (κ1) is 24.9. The van der Waals surface area contributed by atoms with E-state index in [2.05, 4.69) is 0 Å². The molecule has 13 heteroatoms. The number of nitrogens with one attached hydrogen (secondary N) is 1. The van der Waals surface area contributed by atoms with Crippen LogP contribution in [-0.2, 0) is 19.6 Å². The molecule has 0 aliphatic carbocycles. The van der Waals surface area contributed by atoms with Crippen LogP contribution in [0.25, 0.3) is 0 Å². The van der Waals surface area contributed by atoms with Crippen LogP contribution in [0.5, 0.6) is 17.2 Å². The van der Waals surface area contributed by atoms with Gasteiger partial charge in [-0.3, -0.25) is 9.59 Å². The lowest BCUT2D eigenvalue weighted by Crippen LogP contribution is -2.32. The predicted octanol–water partition coefficient (Wildman–Crippen LogP) is 1.83. The molecule has 0 bridgehead atoms. The van der Waals surface area contributed by atoms with E-state index >= 15 is 0 Å². The number of sulfonamides is 1. The van der Waals surface area contributed by atoms with E-state index in [9.17, 15) is 31.2 Å². The lowest BCUT2D eigenvalue weighted by Gasteiger charge is -2.13. The Bertz CT molecular complexity index is 1110. The minimum atomic E-state index is -4.71. The maximum Gasteiger partial charge on any atom is 0.321 e. The van der Waals surface area contributed by atoms with Gasteiger partial charge in [0.25, 0.3) is 0 Å². The number of carbonyl (C=O) groups excluding carboxylic acids is 2. The van der Waals surface area contributed by atoms with Gasteiger partial charge in [0.05, 0.1) is 21.3 Å². The maximum absolute atomic E-state index is 13.7. The average Bonchev–Trinajstić information content (AvgIpc) is 2.78. The summed E-state index contributed by atoms with van der Waals surface area (Å²) in [5.74, 6) is -6.75. The fourth-order valence-electron chi connectivity index (χ4n) is 2.47. The molecular formula is C19H18F3NO8S. The van der Waals surface area contributed by atoms with Crippen molar-refractivity contribution in [3.05, 3.63) is 47.3 Å². The standard InChI is InChI=1S/C19H18F3NO8S/c1-28-13-6-10(7-14(29-2)19(13)30-3)12(24)9-31-16(25)8-23-32(26,27)15-5-4-11(20)17(21)18(15)22/h4-7,23H,8-9H2,1-3H3. The van der Waals surface area contributed by atoms with Crippen molar-refractivity contribution >= 4 is 21.8 Å². The number of ketones is 1. The Hall–Kier alpha value is -3.32. The van der Waals surface area contributed by atoms with Crippen LogP contribution in [0, 0.1) is 17.5 Å². The van der Waals surface area contributed by atoms with Crippen LogP contribution in [0.15, 0.2) is 29.2 Å². The minimum absolute atomic E-state index is 0.0525. The molecule has 0 amide bonds. The van der Waals surface area contributed by atoms with Gasteiger partial charge in [0.1, 0.15) is 11.4 Å². The molecule has 0 unspecified atom stereocenters. The summed E-state index contributed by atoms with van der Waals surface area (Å²) in [6.07, 6.45) is 0. The Morgan fingerprint density at radius 1 is 0.938 bits per heavy atom. The van der Waals surface area contributed by atoms with Crippen LogP contribution >= 0.6 is 0 Å². The van der Waals surface area contributed by atoms with Crippen LogP contribution in [0.4, 0.5) is 13.2 Å². The first-order valence-corrected chi connectivity index (χ1v) is 10.2. The van der Waals surface area contributed by atoms with Gasteiger partial charge in [-0.25, -0.2) is 21.6 Å². The smallest absolute Gasteiger partial charge is 0.321 e. The third kappa shape index (κ3) is 5.48. The molecule has 0 aromatic heterocycles. The van der Waals surface area contributed by atoms with Gasteiger partial charge in [0.15, 0.2) is 35.6 Å². The number of halogens is 3. The molecule has 0 saturated carbocycles. The van der Waals surface area contributed by atoms with Gasteiger partial charge < -0.3 is 18.9 Å². The van der Waals surface area contributed by atoms with Crippen LogP contribution in [-0.4, -0.2) is 54.7 Å². The van der Waals surface area contributed by atoms with Crippen molar-refractivity contribution < 1.29 is 50.1 Å². The lowest BCUT2D eigenvalue weighted by atomic mass is 10.1. The Morgan fingerprint density at radius 3 is 2.06 bits per heavy atom. The van der Waals surface area contributed by atoms with Gasteiger partial charge in [-0.2, -0.15) is 4.72 Å². The van der Waals surface area contributed by atoms with E-state index in [1.54, 1.807) is 4.72 Å². The van der Waals surface area contributed by atoms with E-state index in [0.29, 0.717) is 12.1 Å². The Labute approximate surface area is 181 Å².